The van der Waals surface area contributed by atoms with Crippen molar-refractivity contribution in [1.82, 2.24) is 24.6 Å². The molecule has 186 valence electrons. The van der Waals surface area contributed by atoms with E-state index >= 15 is 4.39 Å². The van der Waals surface area contributed by atoms with Gasteiger partial charge in [-0.25, -0.2) is 19.0 Å². The summed E-state index contributed by atoms with van der Waals surface area (Å²) in [6, 6.07) is 4.41. The van der Waals surface area contributed by atoms with Gasteiger partial charge in [0.05, 0.1) is 48.3 Å². The van der Waals surface area contributed by atoms with Gasteiger partial charge in [-0.3, -0.25) is 4.90 Å². The number of halogens is 2. The van der Waals surface area contributed by atoms with Gasteiger partial charge < -0.3 is 15.2 Å². The summed E-state index contributed by atoms with van der Waals surface area (Å²) in [7, 11) is 0. The summed E-state index contributed by atoms with van der Waals surface area (Å²) in [6.45, 7) is 5.70. The summed E-state index contributed by atoms with van der Waals surface area (Å²) in [4.78, 5) is 11.2. The molecule has 4 unspecified atom stereocenters. The topological polar surface area (TPSA) is 88.3 Å². The molecular formula is C25H30ClFN6O2. The molecule has 8 nitrogen and oxygen atoms in total. The second-order valence-corrected chi connectivity index (χ2v) is 10.7. The fourth-order valence-corrected chi connectivity index (χ4v) is 5.75. The molecule has 3 aromatic rings. The number of fused-ring (bicyclic) bond motifs is 1. The number of aryl methyl sites for hydroxylation is 1. The highest BCUT2D eigenvalue weighted by molar-refractivity contribution is 6.32. The van der Waals surface area contributed by atoms with Crippen LogP contribution in [0.1, 0.15) is 49.3 Å². The summed E-state index contributed by atoms with van der Waals surface area (Å²) in [5, 5.41) is 19.4. The summed E-state index contributed by atoms with van der Waals surface area (Å²) in [5.41, 5.74) is 2.91. The van der Waals surface area contributed by atoms with Gasteiger partial charge in [-0.05, 0) is 62.9 Å². The van der Waals surface area contributed by atoms with E-state index in [4.69, 9.17) is 21.3 Å². The molecule has 0 amide bonds. The quantitative estimate of drug-likeness (QED) is 0.544. The maximum absolute atomic E-state index is 15.6. The standard InChI is InChI=1S/C25H30ClFN6O2/c1-14-7-15-9-28-24(31-21-10-29-33(23(21)26)16-3-4-16)30-20(15)8-18(14)17-5-6-32(11-19(17)27)25(2)13-35-12-22(25)34/h7-10,16-17,19,22,34H,3-6,11-13H2,1-2H3,(H,28,30,31). The number of likely N-dealkylation sites (tertiary alicyclic amines) is 1. The number of hydrogen-bond donors (Lipinski definition) is 2. The fraction of sp³-hybridized carbons (Fsp3) is 0.560. The molecule has 1 aliphatic carbocycles. The van der Waals surface area contributed by atoms with Gasteiger partial charge in [-0.1, -0.05) is 11.6 Å². The van der Waals surface area contributed by atoms with Gasteiger partial charge in [0.2, 0.25) is 5.95 Å². The van der Waals surface area contributed by atoms with Crippen LogP contribution in [-0.4, -0.2) is 73.9 Å². The first-order valence-electron chi connectivity index (χ1n) is 12.3. The Balaban J connectivity index is 1.24. The molecule has 2 aliphatic heterocycles. The molecule has 3 fully saturated rings. The zero-order valence-corrected chi connectivity index (χ0v) is 20.7. The van der Waals surface area contributed by atoms with E-state index in [1.807, 2.05) is 30.7 Å². The van der Waals surface area contributed by atoms with E-state index in [0.717, 1.165) is 34.9 Å². The van der Waals surface area contributed by atoms with Gasteiger partial charge in [0.15, 0.2) is 5.15 Å². The van der Waals surface area contributed by atoms with Gasteiger partial charge >= 0.3 is 0 Å². The first kappa shape index (κ1) is 23.1. The van der Waals surface area contributed by atoms with Crippen LogP contribution in [-0.2, 0) is 4.74 Å². The van der Waals surface area contributed by atoms with Crippen LogP contribution in [0.2, 0.25) is 5.15 Å². The number of anilines is 2. The molecule has 0 bridgehead atoms. The lowest BCUT2D eigenvalue weighted by molar-refractivity contribution is -0.0238. The monoisotopic (exact) mass is 500 g/mol. The molecule has 1 saturated carbocycles. The third kappa shape index (κ3) is 4.08. The number of hydrogen-bond acceptors (Lipinski definition) is 7. The summed E-state index contributed by atoms with van der Waals surface area (Å²) in [6.07, 6.45) is 4.69. The van der Waals surface area contributed by atoms with E-state index in [1.54, 1.807) is 12.4 Å². The Morgan fingerprint density at radius 2 is 2.09 bits per heavy atom. The Kier molecular flexibility index (Phi) is 5.71. The van der Waals surface area contributed by atoms with Crippen LogP contribution in [0.5, 0.6) is 0 Å². The normalized spacial score (nSPS) is 29.7. The molecule has 3 aliphatic rings. The Labute approximate surface area is 208 Å². The summed E-state index contributed by atoms with van der Waals surface area (Å²) < 4.78 is 22.9. The third-order valence-corrected chi connectivity index (χ3v) is 8.27. The molecule has 4 heterocycles. The lowest BCUT2D eigenvalue weighted by Gasteiger charge is -2.45. The van der Waals surface area contributed by atoms with Crippen molar-refractivity contribution in [3.63, 3.8) is 0 Å². The van der Waals surface area contributed by atoms with Crippen molar-refractivity contribution >= 4 is 34.1 Å². The van der Waals surface area contributed by atoms with Crippen LogP contribution in [0.3, 0.4) is 0 Å². The zero-order chi connectivity index (χ0) is 24.3. The Morgan fingerprint density at radius 3 is 2.80 bits per heavy atom. The van der Waals surface area contributed by atoms with Crippen molar-refractivity contribution in [2.24, 2.45) is 0 Å². The molecule has 2 aromatic heterocycles. The predicted molar refractivity (Wildman–Crippen MR) is 132 cm³/mol. The van der Waals surface area contributed by atoms with Crippen LogP contribution in [0.15, 0.2) is 24.5 Å². The van der Waals surface area contributed by atoms with Gasteiger partial charge in [0.1, 0.15) is 6.17 Å². The van der Waals surface area contributed by atoms with E-state index in [2.05, 4.69) is 20.3 Å². The van der Waals surface area contributed by atoms with E-state index in [-0.39, 0.29) is 12.5 Å². The highest BCUT2D eigenvalue weighted by Crippen LogP contribution is 2.40. The highest BCUT2D eigenvalue weighted by Gasteiger charge is 2.47. The molecule has 1 aromatic carbocycles. The zero-order valence-electron chi connectivity index (χ0n) is 19.9. The summed E-state index contributed by atoms with van der Waals surface area (Å²) >= 11 is 6.48. The first-order chi connectivity index (χ1) is 16.8. The molecule has 2 saturated heterocycles. The molecule has 2 N–H and O–H groups in total. The van der Waals surface area contributed by atoms with Crippen molar-refractivity contribution in [2.45, 2.75) is 62.9 Å². The first-order valence-corrected chi connectivity index (χ1v) is 12.6. The molecular weight excluding hydrogens is 471 g/mol. The number of aliphatic hydroxyl groups is 1. The van der Waals surface area contributed by atoms with Gasteiger partial charge in [0, 0.05) is 24.0 Å². The van der Waals surface area contributed by atoms with E-state index in [0.29, 0.717) is 49.0 Å². The van der Waals surface area contributed by atoms with Gasteiger partial charge in [-0.2, -0.15) is 5.10 Å². The van der Waals surface area contributed by atoms with Crippen LogP contribution >= 0.6 is 11.6 Å². The average Bonchev–Trinajstić information content (AvgIpc) is 3.54. The molecule has 6 rings (SSSR count). The second-order valence-electron chi connectivity index (χ2n) is 10.4. The van der Waals surface area contributed by atoms with Crippen molar-refractivity contribution in [1.29, 1.82) is 0 Å². The number of piperidine rings is 1. The smallest absolute Gasteiger partial charge is 0.227 e. The maximum atomic E-state index is 15.6. The molecule has 35 heavy (non-hydrogen) atoms. The summed E-state index contributed by atoms with van der Waals surface area (Å²) in [5.74, 6) is 0.204. The maximum Gasteiger partial charge on any atom is 0.227 e. The van der Waals surface area contributed by atoms with Crippen LogP contribution in [0, 0.1) is 6.92 Å². The van der Waals surface area contributed by atoms with Crippen LogP contribution in [0.25, 0.3) is 10.9 Å². The van der Waals surface area contributed by atoms with E-state index in [9.17, 15) is 5.11 Å². The number of nitrogens with zero attached hydrogens (tertiary/aromatic N) is 5. The second kappa shape index (κ2) is 8.65. The van der Waals surface area contributed by atoms with Gasteiger partial charge in [-0.15, -0.1) is 0 Å². The van der Waals surface area contributed by atoms with Crippen molar-refractivity contribution in [2.75, 3.05) is 31.6 Å². The lowest BCUT2D eigenvalue weighted by atomic mass is 9.82. The number of ether oxygens (including phenoxy) is 1. The predicted octanol–water partition coefficient (Wildman–Crippen LogP) is 4.14. The minimum Gasteiger partial charge on any atom is -0.389 e. The molecule has 10 heteroatoms. The number of nitrogens with one attached hydrogen (secondary N) is 1. The van der Waals surface area contributed by atoms with E-state index in [1.165, 1.54) is 0 Å². The number of aliphatic hydroxyl groups excluding tert-OH is 1. The number of benzene rings is 1. The van der Waals surface area contributed by atoms with E-state index < -0.39 is 17.8 Å². The number of alkyl halides is 1. The minimum absolute atomic E-state index is 0.226. The Morgan fingerprint density at radius 1 is 1.26 bits per heavy atom. The number of aromatic nitrogens is 4. The average molecular weight is 501 g/mol. The third-order valence-electron chi connectivity index (χ3n) is 7.89. The minimum atomic E-state index is -1.05. The Hall–Kier alpha value is -2.33. The van der Waals surface area contributed by atoms with Crippen LogP contribution < -0.4 is 5.32 Å². The number of rotatable bonds is 5. The molecule has 4 atom stereocenters. The van der Waals surface area contributed by atoms with Gasteiger partial charge in [0.25, 0.3) is 0 Å². The lowest BCUT2D eigenvalue weighted by Crippen LogP contribution is -2.58. The Bertz CT molecular complexity index is 1270. The fourth-order valence-electron chi connectivity index (χ4n) is 5.47. The van der Waals surface area contributed by atoms with Crippen LogP contribution in [0.4, 0.5) is 16.0 Å². The highest BCUT2D eigenvalue weighted by atomic mass is 35.5. The van der Waals surface area contributed by atoms with Crippen molar-refractivity contribution in [3.8, 4) is 0 Å². The molecule has 0 spiro atoms. The van der Waals surface area contributed by atoms with Crippen molar-refractivity contribution in [3.05, 3.63) is 40.8 Å². The molecule has 0 radical (unpaired) electrons. The largest absolute Gasteiger partial charge is 0.389 e. The SMILES string of the molecule is Cc1cc2cnc(Nc3cnn(C4CC4)c3Cl)nc2cc1C1CCN(C2(C)COCC2O)CC1F. The van der Waals surface area contributed by atoms with Crippen molar-refractivity contribution < 1.29 is 14.2 Å².